The number of rotatable bonds is 6. The Morgan fingerprint density at radius 3 is 1.89 bits per heavy atom. The van der Waals surface area contributed by atoms with Gasteiger partial charge in [0.05, 0.1) is 0 Å². The summed E-state index contributed by atoms with van der Waals surface area (Å²) in [7, 11) is 3.68. The molecular weight excluding hydrogens is 340 g/mol. The number of benzene rings is 1. The molecule has 2 fully saturated rings. The Balaban J connectivity index is 1.63. The summed E-state index contributed by atoms with van der Waals surface area (Å²) in [6, 6.07) is 5.87. The lowest BCUT2D eigenvalue weighted by atomic mass is 10.1. The minimum Gasteiger partial charge on any atom is -0.325 e. The monoisotopic (exact) mass is 372 g/mol. The Hall–Kier alpha value is -2.24. The molecular formula is C21H32N4O2. The molecule has 0 heterocycles. The average molecular weight is 373 g/mol. The number of hydrogen-bond acceptors (Lipinski definition) is 2. The number of aryl methyl sites for hydroxylation is 1. The molecule has 0 bridgehead atoms. The van der Waals surface area contributed by atoms with Gasteiger partial charge in [0.15, 0.2) is 0 Å². The summed E-state index contributed by atoms with van der Waals surface area (Å²) >= 11 is 0. The van der Waals surface area contributed by atoms with Crippen LogP contribution in [0.25, 0.3) is 0 Å². The highest BCUT2D eigenvalue weighted by molar-refractivity contribution is 5.93. The van der Waals surface area contributed by atoms with E-state index in [-0.39, 0.29) is 24.1 Å². The van der Waals surface area contributed by atoms with Crippen LogP contribution in [-0.4, -0.2) is 48.0 Å². The molecule has 6 nitrogen and oxygen atoms in total. The van der Waals surface area contributed by atoms with Crippen LogP contribution in [0.15, 0.2) is 18.2 Å². The Bertz CT molecular complexity index is 712. The van der Waals surface area contributed by atoms with E-state index in [1.807, 2.05) is 39.2 Å². The fourth-order valence-corrected chi connectivity index (χ4v) is 3.41. The summed E-state index contributed by atoms with van der Waals surface area (Å²) in [5.41, 5.74) is 2.38. The van der Waals surface area contributed by atoms with Crippen molar-refractivity contribution in [3.8, 4) is 0 Å². The Morgan fingerprint density at radius 2 is 1.41 bits per heavy atom. The van der Waals surface area contributed by atoms with Crippen molar-refractivity contribution >= 4 is 23.4 Å². The first-order valence-electron chi connectivity index (χ1n) is 9.96. The van der Waals surface area contributed by atoms with Gasteiger partial charge in [-0.25, -0.2) is 9.59 Å². The van der Waals surface area contributed by atoms with Gasteiger partial charge in [0.25, 0.3) is 0 Å². The molecule has 1 aromatic rings. The fourth-order valence-electron chi connectivity index (χ4n) is 3.41. The number of carbonyl (C=O) groups excluding carboxylic acids is 2. The first-order chi connectivity index (χ1) is 12.8. The number of anilines is 2. The molecule has 0 aromatic heterocycles. The molecule has 2 aliphatic carbocycles. The molecule has 148 valence electrons. The molecule has 27 heavy (non-hydrogen) atoms. The van der Waals surface area contributed by atoms with Crippen molar-refractivity contribution in [3.05, 3.63) is 23.8 Å². The molecule has 2 aliphatic rings. The first-order valence-corrected chi connectivity index (χ1v) is 9.96. The summed E-state index contributed by atoms with van der Waals surface area (Å²) < 4.78 is 0. The molecule has 2 saturated carbocycles. The normalized spacial score (nSPS) is 18.4. The van der Waals surface area contributed by atoms with E-state index < -0.39 is 0 Å². The lowest BCUT2D eigenvalue weighted by molar-refractivity contribution is 0.201. The number of hydrogen-bond donors (Lipinski definition) is 2. The van der Waals surface area contributed by atoms with E-state index in [0.29, 0.717) is 17.5 Å². The molecule has 4 amide bonds. The molecule has 2 unspecified atom stereocenters. The number of carbonyl (C=O) groups is 2. The maximum Gasteiger partial charge on any atom is 0.321 e. The van der Waals surface area contributed by atoms with Crippen molar-refractivity contribution in [1.29, 1.82) is 0 Å². The lowest BCUT2D eigenvalue weighted by Gasteiger charge is -2.26. The second-order valence-electron chi connectivity index (χ2n) is 8.27. The van der Waals surface area contributed by atoms with Crippen molar-refractivity contribution < 1.29 is 9.59 Å². The quantitative estimate of drug-likeness (QED) is 0.771. The predicted molar refractivity (Wildman–Crippen MR) is 109 cm³/mol. The van der Waals surface area contributed by atoms with Crippen LogP contribution in [-0.2, 0) is 0 Å². The third-order valence-electron chi connectivity index (χ3n) is 6.20. The van der Waals surface area contributed by atoms with E-state index in [1.54, 1.807) is 9.80 Å². The van der Waals surface area contributed by atoms with Crippen LogP contribution in [0.5, 0.6) is 0 Å². The van der Waals surface area contributed by atoms with E-state index in [4.69, 9.17) is 0 Å². The SMILES string of the molecule is Cc1ccc(NC(=O)N(C)C(C)C2CC2)cc1NC(=O)N(C)C(C)C1CC1. The van der Waals surface area contributed by atoms with Crippen LogP contribution >= 0.6 is 0 Å². The van der Waals surface area contributed by atoms with Gasteiger partial charge in [-0.3, -0.25) is 0 Å². The zero-order valence-electron chi connectivity index (χ0n) is 17.1. The maximum absolute atomic E-state index is 12.6. The molecule has 0 spiro atoms. The van der Waals surface area contributed by atoms with Crippen LogP contribution in [0.1, 0.15) is 45.1 Å². The smallest absolute Gasteiger partial charge is 0.321 e. The van der Waals surface area contributed by atoms with Crippen molar-refractivity contribution in [2.45, 2.75) is 58.5 Å². The summed E-state index contributed by atoms with van der Waals surface area (Å²) in [6.07, 6.45) is 4.80. The summed E-state index contributed by atoms with van der Waals surface area (Å²) in [5, 5.41) is 5.94. The van der Waals surface area contributed by atoms with Crippen LogP contribution in [0.4, 0.5) is 21.0 Å². The van der Waals surface area contributed by atoms with Crippen LogP contribution in [0.2, 0.25) is 0 Å². The Morgan fingerprint density at radius 1 is 0.926 bits per heavy atom. The molecule has 1 aromatic carbocycles. The average Bonchev–Trinajstić information content (AvgIpc) is 3.53. The second kappa shape index (κ2) is 7.79. The maximum atomic E-state index is 12.6. The van der Waals surface area contributed by atoms with Gasteiger partial charge in [-0.2, -0.15) is 0 Å². The van der Waals surface area contributed by atoms with Crippen molar-refractivity contribution in [2.75, 3.05) is 24.7 Å². The molecule has 0 aliphatic heterocycles. The standard InChI is InChI=1S/C21H32N4O2/c1-13-6-11-18(22-20(26)24(4)14(2)16-7-8-16)12-19(13)23-21(27)25(5)15(3)17-9-10-17/h6,11-12,14-17H,7-10H2,1-5H3,(H,22,26)(H,23,27). The van der Waals surface area contributed by atoms with Crippen LogP contribution in [0, 0.1) is 18.8 Å². The zero-order chi connectivity index (χ0) is 19.7. The third-order valence-corrected chi connectivity index (χ3v) is 6.20. The molecule has 6 heteroatoms. The van der Waals surface area contributed by atoms with E-state index in [0.717, 1.165) is 11.3 Å². The largest absolute Gasteiger partial charge is 0.325 e. The van der Waals surface area contributed by atoms with Gasteiger partial charge in [0.1, 0.15) is 0 Å². The van der Waals surface area contributed by atoms with Gasteiger partial charge < -0.3 is 20.4 Å². The third kappa shape index (κ3) is 4.73. The molecule has 0 saturated heterocycles. The van der Waals surface area contributed by atoms with Crippen LogP contribution < -0.4 is 10.6 Å². The summed E-state index contributed by atoms with van der Waals surface area (Å²) in [5.74, 6) is 1.24. The van der Waals surface area contributed by atoms with Crippen LogP contribution in [0.3, 0.4) is 0 Å². The van der Waals surface area contributed by atoms with Gasteiger partial charge >= 0.3 is 12.1 Å². The predicted octanol–water partition coefficient (Wildman–Crippen LogP) is 4.52. The first kappa shape index (κ1) is 19.5. The summed E-state index contributed by atoms with van der Waals surface area (Å²) in [4.78, 5) is 28.6. The number of nitrogens with zero attached hydrogens (tertiary/aromatic N) is 2. The number of nitrogens with one attached hydrogen (secondary N) is 2. The minimum atomic E-state index is -0.116. The zero-order valence-corrected chi connectivity index (χ0v) is 17.1. The number of urea groups is 2. The molecule has 2 atom stereocenters. The van der Waals surface area contributed by atoms with Gasteiger partial charge in [0.2, 0.25) is 0 Å². The Kier molecular flexibility index (Phi) is 5.63. The molecule has 3 rings (SSSR count). The fraction of sp³-hybridized carbons (Fsp3) is 0.619. The lowest BCUT2D eigenvalue weighted by Crippen LogP contribution is -2.40. The molecule has 0 radical (unpaired) electrons. The van der Waals surface area contributed by atoms with E-state index in [1.165, 1.54) is 25.7 Å². The van der Waals surface area contributed by atoms with Gasteiger partial charge in [-0.05, 0) is 76.0 Å². The minimum absolute atomic E-state index is 0.111. The topological polar surface area (TPSA) is 64.7 Å². The van der Waals surface area contributed by atoms with Gasteiger partial charge in [-0.15, -0.1) is 0 Å². The molecule has 2 N–H and O–H groups in total. The van der Waals surface area contributed by atoms with Gasteiger partial charge in [0, 0.05) is 37.6 Å². The number of amides is 4. The van der Waals surface area contributed by atoms with Crippen molar-refractivity contribution in [1.82, 2.24) is 9.80 Å². The Labute approximate surface area is 162 Å². The second-order valence-corrected chi connectivity index (χ2v) is 8.27. The van der Waals surface area contributed by atoms with E-state index in [2.05, 4.69) is 24.5 Å². The van der Waals surface area contributed by atoms with Crippen molar-refractivity contribution in [3.63, 3.8) is 0 Å². The van der Waals surface area contributed by atoms with E-state index >= 15 is 0 Å². The van der Waals surface area contributed by atoms with Gasteiger partial charge in [-0.1, -0.05) is 6.07 Å². The highest BCUT2D eigenvalue weighted by Crippen LogP contribution is 2.35. The highest BCUT2D eigenvalue weighted by Gasteiger charge is 2.33. The van der Waals surface area contributed by atoms with Crippen molar-refractivity contribution in [2.24, 2.45) is 11.8 Å². The highest BCUT2D eigenvalue weighted by atomic mass is 16.2. The van der Waals surface area contributed by atoms with E-state index in [9.17, 15) is 9.59 Å². The summed E-state index contributed by atoms with van der Waals surface area (Å²) in [6.45, 7) is 6.14.